The van der Waals surface area contributed by atoms with Crippen LogP contribution in [-0.2, 0) is 23.2 Å². The summed E-state index contributed by atoms with van der Waals surface area (Å²) in [6, 6.07) is 7.93. The minimum atomic E-state index is -0.100. The molecular formula is C22H34IN5O3. The zero-order valence-corrected chi connectivity index (χ0v) is 21.5. The number of rotatable bonds is 8. The fourth-order valence-corrected chi connectivity index (χ4v) is 2.48. The molecule has 0 spiro atoms. The van der Waals surface area contributed by atoms with Crippen LogP contribution in [0.15, 0.2) is 39.9 Å². The summed E-state index contributed by atoms with van der Waals surface area (Å²) >= 11 is 0. The van der Waals surface area contributed by atoms with Gasteiger partial charge in [-0.2, -0.15) is 0 Å². The number of likely N-dealkylation sites (N-methyl/N-ethyl adjacent to an activating group) is 1. The first-order valence-electron chi connectivity index (χ1n) is 9.99. The number of hydrogen-bond donors (Lipinski definition) is 2. The Kier molecular flexibility index (Phi) is 10.8. The Morgan fingerprint density at radius 2 is 1.87 bits per heavy atom. The van der Waals surface area contributed by atoms with Crippen molar-refractivity contribution in [2.45, 2.75) is 39.2 Å². The number of amides is 1. The molecule has 9 heteroatoms. The van der Waals surface area contributed by atoms with Gasteiger partial charge in [-0.15, -0.1) is 24.0 Å². The SMILES string of the molecule is COc1ccc(CCNC(=NCC(=O)N(C)C)NCc2ncc(C(C)(C)C)o2)cc1.I. The van der Waals surface area contributed by atoms with Gasteiger partial charge in [0.1, 0.15) is 18.1 Å². The van der Waals surface area contributed by atoms with Crippen LogP contribution >= 0.6 is 24.0 Å². The molecule has 0 fully saturated rings. The Labute approximate surface area is 201 Å². The third-order valence-electron chi connectivity index (χ3n) is 4.44. The molecule has 1 amide bonds. The summed E-state index contributed by atoms with van der Waals surface area (Å²) < 4.78 is 11.0. The second-order valence-electron chi connectivity index (χ2n) is 8.20. The van der Waals surface area contributed by atoms with E-state index in [1.807, 2.05) is 24.3 Å². The quantitative estimate of drug-likeness (QED) is 0.302. The lowest BCUT2D eigenvalue weighted by molar-refractivity contribution is -0.127. The van der Waals surface area contributed by atoms with Crippen molar-refractivity contribution in [1.29, 1.82) is 0 Å². The number of methoxy groups -OCH3 is 1. The van der Waals surface area contributed by atoms with E-state index in [4.69, 9.17) is 9.15 Å². The summed E-state index contributed by atoms with van der Waals surface area (Å²) in [7, 11) is 5.07. The highest BCUT2D eigenvalue weighted by Gasteiger charge is 2.19. The van der Waals surface area contributed by atoms with Crippen LogP contribution in [0.5, 0.6) is 5.75 Å². The molecule has 1 aromatic carbocycles. The third kappa shape index (κ3) is 9.16. The van der Waals surface area contributed by atoms with Gasteiger partial charge in [0.05, 0.1) is 19.9 Å². The normalized spacial score (nSPS) is 11.5. The third-order valence-corrected chi connectivity index (χ3v) is 4.44. The number of carbonyl (C=O) groups excluding carboxylic acids is 1. The van der Waals surface area contributed by atoms with Crippen LogP contribution in [0.4, 0.5) is 0 Å². The van der Waals surface area contributed by atoms with Crippen molar-refractivity contribution in [2.75, 3.05) is 34.3 Å². The molecule has 2 N–H and O–H groups in total. The van der Waals surface area contributed by atoms with Gasteiger partial charge in [0, 0.05) is 26.1 Å². The largest absolute Gasteiger partial charge is 0.497 e. The molecule has 172 valence electrons. The predicted octanol–water partition coefficient (Wildman–Crippen LogP) is 2.96. The van der Waals surface area contributed by atoms with Crippen LogP contribution in [0, 0.1) is 0 Å². The molecular weight excluding hydrogens is 509 g/mol. The van der Waals surface area contributed by atoms with E-state index in [1.54, 1.807) is 27.4 Å². The zero-order valence-electron chi connectivity index (χ0n) is 19.2. The predicted molar refractivity (Wildman–Crippen MR) is 133 cm³/mol. The molecule has 31 heavy (non-hydrogen) atoms. The van der Waals surface area contributed by atoms with Crippen LogP contribution in [0.2, 0.25) is 0 Å². The molecule has 0 unspecified atom stereocenters. The summed E-state index contributed by atoms with van der Waals surface area (Å²) in [5.41, 5.74) is 1.08. The maximum atomic E-state index is 11.9. The van der Waals surface area contributed by atoms with Gasteiger partial charge in [-0.1, -0.05) is 32.9 Å². The molecule has 0 aliphatic heterocycles. The molecule has 0 saturated heterocycles. The van der Waals surface area contributed by atoms with Gasteiger partial charge in [0.25, 0.3) is 0 Å². The number of guanidine groups is 1. The first-order chi connectivity index (χ1) is 14.2. The van der Waals surface area contributed by atoms with E-state index in [0.717, 1.165) is 17.9 Å². The second kappa shape index (κ2) is 12.5. The van der Waals surface area contributed by atoms with Gasteiger partial charge in [-0.05, 0) is 24.1 Å². The molecule has 1 aromatic heterocycles. The number of aromatic nitrogens is 1. The van der Waals surface area contributed by atoms with Crippen molar-refractivity contribution in [1.82, 2.24) is 20.5 Å². The van der Waals surface area contributed by atoms with E-state index in [1.165, 1.54) is 10.5 Å². The Morgan fingerprint density at radius 3 is 2.42 bits per heavy atom. The minimum absolute atomic E-state index is 0. The Bertz CT molecular complexity index is 842. The van der Waals surface area contributed by atoms with Gasteiger partial charge in [0.2, 0.25) is 11.8 Å². The first kappa shape index (κ1) is 26.7. The number of aliphatic imine (C=N–C) groups is 1. The van der Waals surface area contributed by atoms with Crippen LogP contribution in [0.25, 0.3) is 0 Å². The zero-order chi connectivity index (χ0) is 22.1. The molecule has 0 saturated carbocycles. The highest BCUT2D eigenvalue weighted by molar-refractivity contribution is 14.0. The smallest absolute Gasteiger partial charge is 0.243 e. The van der Waals surface area contributed by atoms with E-state index in [-0.39, 0.29) is 41.8 Å². The lowest BCUT2D eigenvalue weighted by atomic mass is 9.94. The van der Waals surface area contributed by atoms with Crippen LogP contribution in [0.3, 0.4) is 0 Å². The molecule has 2 aromatic rings. The maximum Gasteiger partial charge on any atom is 0.243 e. The van der Waals surface area contributed by atoms with Gasteiger partial charge in [-0.25, -0.2) is 9.98 Å². The number of halogens is 1. The number of oxazole rings is 1. The summed E-state index contributed by atoms with van der Waals surface area (Å²) in [5, 5.41) is 6.46. The second-order valence-corrected chi connectivity index (χ2v) is 8.20. The van der Waals surface area contributed by atoms with Crippen molar-refractivity contribution < 1.29 is 13.9 Å². The van der Waals surface area contributed by atoms with Crippen molar-refractivity contribution in [3.8, 4) is 5.75 Å². The van der Waals surface area contributed by atoms with E-state index >= 15 is 0 Å². The van der Waals surface area contributed by atoms with Gasteiger partial charge < -0.3 is 24.7 Å². The van der Waals surface area contributed by atoms with Gasteiger partial charge >= 0.3 is 0 Å². The highest BCUT2D eigenvalue weighted by atomic mass is 127. The van der Waals surface area contributed by atoms with E-state index in [2.05, 4.69) is 41.4 Å². The molecule has 0 aliphatic rings. The minimum Gasteiger partial charge on any atom is -0.497 e. The summed E-state index contributed by atoms with van der Waals surface area (Å²) in [6.45, 7) is 7.32. The lowest BCUT2D eigenvalue weighted by Gasteiger charge is -2.14. The molecule has 0 atom stereocenters. The highest BCUT2D eigenvalue weighted by Crippen LogP contribution is 2.22. The summed E-state index contributed by atoms with van der Waals surface area (Å²) in [5.74, 6) is 2.70. The summed E-state index contributed by atoms with van der Waals surface area (Å²) in [6.07, 6.45) is 2.56. The fourth-order valence-electron chi connectivity index (χ4n) is 2.48. The molecule has 2 rings (SSSR count). The monoisotopic (exact) mass is 543 g/mol. The van der Waals surface area contributed by atoms with E-state index in [9.17, 15) is 4.79 Å². The molecule has 1 heterocycles. The first-order valence-corrected chi connectivity index (χ1v) is 9.99. The Balaban J connectivity index is 0.00000480. The lowest BCUT2D eigenvalue weighted by Crippen LogP contribution is -2.39. The number of hydrogen-bond acceptors (Lipinski definition) is 5. The molecule has 8 nitrogen and oxygen atoms in total. The average Bonchev–Trinajstić information content (AvgIpc) is 3.19. The molecule has 0 aliphatic carbocycles. The maximum absolute atomic E-state index is 11.9. The Morgan fingerprint density at radius 1 is 1.19 bits per heavy atom. The molecule has 0 bridgehead atoms. The fraction of sp³-hybridized carbons (Fsp3) is 0.500. The topological polar surface area (TPSA) is 92.0 Å². The van der Waals surface area contributed by atoms with Crippen LogP contribution < -0.4 is 15.4 Å². The average molecular weight is 543 g/mol. The van der Waals surface area contributed by atoms with Crippen LogP contribution in [-0.4, -0.2) is 56.0 Å². The van der Waals surface area contributed by atoms with Crippen molar-refractivity contribution in [2.24, 2.45) is 4.99 Å². The number of carbonyl (C=O) groups is 1. The number of nitrogens with zero attached hydrogens (tertiary/aromatic N) is 3. The van der Waals surface area contributed by atoms with Crippen molar-refractivity contribution in [3.05, 3.63) is 47.7 Å². The van der Waals surface area contributed by atoms with Crippen molar-refractivity contribution in [3.63, 3.8) is 0 Å². The summed E-state index contributed by atoms with van der Waals surface area (Å²) in [4.78, 5) is 22.1. The van der Waals surface area contributed by atoms with E-state index in [0.29, 0.717) is 24.9 Å². The van der Waals surface area contributed by atoms with Gasteiger partial charge in [0.15, 0.2) is 5.96 Å². The van der Waals surface area contributed by atoms with Crippen molar-refractivity contribution >= 4 is 35.8 Å². The number of nitrogens with one attached hydrogen (secondary N) is 2. The standard InChI is InChI=1S/C22H33N5O3.HI/c1-22(2,3)18-13-24-19(30-18)14-25-21(26-15-20(28)27(4)5)23-12-11-16-7-9-17(29-6)10-8-16;/h7-10,13H,11-12,14-15H2,1-6H3,(H2,23,25,26);1H. The van der Waals surface area contributed by atoms with Crippen LogP contribution in [0.1, 0.15) is 38.0 Å². The van der Waals surface area contributed by atoms with Gasteiger partial charge in [-0.3, -0.25) is 4.79 Å². The Hall–Kier alpha value is -2.30. The number of ether oxygens (including phenoxy) is 1. The molecule has 0 radical (unpaired) electrons. The number of benzene rings is 1. The van der Waals surface area contributed by atoms with E-state index < -0.39 is 0 Å².